The van der Waals surface area contributed by atoms with Crippen LogP contribution in [0.4, 0.5) is 16.2 Å². The molecule has 1 heterocycles. The first kappa shape index (κ1) is 22.0. The molecule has 3 amide bonds. The van der Waals surface area contributed by atoms with E-state index in [1.54, 1.807) is 63.2 Å². The Kier molecular flexibility index (Phi) is 6.69. The zero-order chi connectivity index (χ0) is 22.5. The predicted molar refractivity (Wildman–Crippen MR) is 116 cm³/mol. The van der Waals surface area contributed by atoms with Gasteiger partial charge in [0, 0.05) is 16.9 Å². The summed E-state index contributed by atoms with van der Waals surface area (Å²) < 4.78 is 5.19. The van der Waals surface area contributed by atoms with Gasteiger partial charge in [-0.1, -0.05) is 32.0 Å². The summed E-state index contributed by atoms with van der Waals surface area (Å²) in [4.78, 5) is 49.0. The van der Waals surface area contributed by atoms with E-state index in [9.17, 15) is 19.2 Å². The van der Waals surface area contributed by atoms with Crippen molar-refractivity contribution < 1.29 is 23.9 Å². The smallest absolute Gasteiger partial charge is 0.329 e. The van der Waals surface area contributed by atoms with E-state index in [4.69, 9.17) is 4.74 Å². The Morgan fingerprint density at radius 3 is 2.48 bits per heavy atom. The summed E-state index contributed by atoms with van der Waals surface area (Å²) in [5.74, 6) is -1.80. The molecule has 31 heavy (non-hydrogen) atoms. The van der Waals surface area contributed by atoms with Gasteiger partial charge in [0.2, 0.25) is 5.91 Å². The van der Waals surface area contributed by atoms with Crippen LogP contribution in [-0.2, 0) is 14.3 Å². The van der Waals surface area contributed by atoms with Gasteiger partial charge in [-0.3, -0.25) is 9.59 Å². The molecule has 0 fully saturated rings. The minimum atomic E-state index is -0.918. The second-order valence-electron chi connectivity index (χ2n) is 7.73. The maximum atomic E-state index is 12.5. The summed E-state index contributed by atoms with van der Waals surface area (Å²) in [6.07, 6.45) is 0. The van der Waals surface area contributed by atoms with Crippen molar-refractivity contribution >= 4 is 35.1 Å². The van der Waals surface area contributed by atoms with Gasteiger partial charge in [-0.05, 0) is 48.7 Å². The van der Waals surface area contributed by atoms with Gasteiger partial charge < -0.3 is 20.7 Å². The van der Waals surface area contributed by atoms with Crippen LogP contribution >= 0.6 is 0 Å². The van der Waals surface area contributed by atoms with Crippen LogP contribution in [-0.4, -0.2) is 36.3 Å². The number of benzene rings is 2. The lowest BCUT2D eigenvalue weighted by Gasteiger charge is -2.21. The molecule has 0 radical (unpaired) electrons. The van der Waals surface area contributed by atoms with E-state index in [-0.39, 0.29) is 23.5 Å². The summed E-state index contributed by atoms with van der Waals surface area (Å²) in [6, 6.07) is 12.3. The van der Waals surface area contributed by atoms with Crippen LogP contribution in [0.1, 0.15) is 42.6 Å². The first-order valence-corrected chi connectivity index (χ1v) is 10.0. The molecule has 3 rings (SSSR count). The fourth-order valence-corrected chi connectivity index (χ4v) is 3.23. The van der Waals surface area contributed by atoms with E-state index in [0.717, 1.165) is 5.56 Å². The lowest BCUT2D eigenvalue weighted by molar-refractivity contribution is -0.145. The van der Waals surface area contributed by atoms with E-state index in [2.05, 4.69) is 16.0 Å². The first-order valence-electron chi connectivity index (χ1n) is 10.0. The minimum Gasteiger partial charge on any atom is -0.456 e. The van der Waals surface area contributed by atoms with Crippen molar-refractivity contribution in [3.63, 3.8) is 0 Å². The number of nitrogens with one attached hydrogen (secondary N) is 3. The van der Waals surface area contributed by atoms with E-state index < -0.39 is 24.6 Å². The number of para-hydroxylation sites is 1. The predicted octanol–water partition coefficient (Wildman–Crippen LogP) is 3.31. The van der Waals surface area contributed by atoms with E-state index >= 15 is 0 Å². The molecule has 0 spiro atoms. The van der Waals surface area contributed by atoms with Crippen LogP contribution in [0.25, 0.3) is 0 Å². The highest BCUT2D eigenvalue weighted by molar-refractivity contribution is 6.05. The lowest BCUT2D eigenvalue weighted by Crippen LogP contribution is -2.47. The molecule has 1 aliphatic heterocycles. The third kappa shape index (κ3) is 5.28. The molecule has 0 saturated heterocycles. The van der Waals surface area contributed by atoms with Crippen LogP contribution in [0.15, 0.2) is 48.5 Å². The van der Waals surface area contributed by atoms with Crippen molar-refractivity contribution in [2.45, 2.75) is 32.7 Å². The van der Waals surface area contributed by atoms with Crippen molar-refractivity contribution in [3.05, 3.63) is 59.7 Å². The highest BCUT2D eigenvalue weighted by Crippen LogP contribution is 2.32. The molecule has 1 aliphatic rings. The molecule has 0 aromatic heterocycles. The number of Topliss-reactive ketones (excluding diaryl/α,β-unsaturated/α-hetero) is 1. The van der Waals surface area contributed by atoms with Crippen LogP contribution in [0.5, 0.6) is 0 Å². The Morgan fingerprint density at radius 2 is 1.81 bits per heavy atom. The van der Waals surface area contributed by atoms with Gasteiger partial charge in [-0.15, -0.1) is 0 Å². The van der Waals surface area contributed by atoms with Gasteiger partial charge in [0.15, 0.2) is 12.4 Å². The third-order valence-corrected chi connectivity index (χ3v) is 5.08. The normalized spacial score (nSPS) is 15.6. The highest BCUT2D eigenvalue weighted by atomic mass is 16.5. The Balaban J connectivity index is 1.58. The fourth-order valence-electron chi connectivity index (χ4n) is 3.23. The van der Waals surface area contributed by atoms with Crippen molar-refractivity contribution in [2.75, 3.05) is 17.2 Å². The average molecular weight is 423 g/mol. The number of carbonyl (C=O) groups excluding carboxylic acids is 4. The number of esters is 1. The molecule has 2 atom stereocenters. The molecule has 8 nitrogen and oxygen atoms in total. The number of amides is 3. The molecule has 3 N–H and O–H groups in total. The fraction of sp³-hybridized carbons (Fsp3) is 0.304. The number of anilines is 2. The number of ether oxygens (including phenoxy) is 1. The second kappa shape index (κ2) is 9.42. The first-order chi connectivity index (χ1) is 14.8. The number of urea groups is 1. The summed E-state index contributed by atoms with van der Waals surface area (Å²) in [5, 5.41) is 7.98. The van der Waals surface area contributed by atoms with Gasteiger partial charge in [-0.2, -0.15) is 0 Å². The molecule has 0 saturated carbocycles. The highest BCUT2D eigenvalue weighted by Gasteiger charge is 2.29. The maximum absolute atomic E-state index is 12.5. The number of hydrogen-bond donors (Lipinski definition) is 3. The Hall–Kier alpha value is -3.68. The topological polar surface area (TPSA) is 114 Å². The van der Waals surface area contributed by atoms with E-state index in [1.807, 2.05) is 6.07 Å². The van der Waals surface area contributed by atoms with Crippen molar-refractivity contribution in [3.8, 4) is 0 Å². The summed E-state index contributed by atoms with van der Waals surface area (Å²) in [7, 11) is 0. The SMILES string of the molecule is CC(C)[C@H](NC(=O)Nc1ccccc1)C(=O)OCC(=O)c1ccc2c(c1)[C@H](C)C(=O)N2. The van der Waals surface area contributed by atoms with Gasteiger partial charge in [0.05, 0.1) is 5.92 Å². The summed E-state index contributed by atoms with van der Waals surface area (Å²) in [5.41, 5.74) is 2.36. The maximum Gasteiger partial charge on any atom is 0.329 e. The summed E-state index contributed by atoms with van der Waals surface area (Å²) in [6.45, 7) is 4.83. The zero-order valence-electron chi connectivity index (χ0n) is 17.6. The van der Waals surface area contributed by atoms with E-state index in [1.165, 1.54) is 0 Å². The molecule has 0 unspecified atom stereocenters. The minimum absolute atomic E-state index is 0.120. The van der Waals surface area contributed by atoms with Crippen LogP contribution in [0.2, 0.25) is 0 Å². The largest absolute Gasteiger partial charge is 0.456 e. The van der Waals surface area contributed by atoms with Crippen LogP contribution in [0, 0.1) is 5.92 Å². The summed E-state index contributed by atoms with van der Waals surface area (Å²) >= 11 is 0. The number of ketones is 1. The Morgan fingerprint density at radius 1 is 1.10 bits per heavy atom. The van der Waals surface area contributed by atoms with Crippen molar-refractivity contribution in [1.82, 2.24) is 5.32 Å². The Bertz CT molecular complexity index is 1000. The number of hydrogen-bond acceptors (Lipinski definition) is 5. The second-order valence-corrected chi connectivity index (χ2v) is 7.73. The molecule has 0 aliphatic carbocycles. The molecule has 0 bridgehead atoms. The third-order valence-electron chi connectivity index (χ3n) is 5.08. The molecule has 2 aromatic carbocycles. The molecule has 162 valence electrons. The molecular formula is C23H25N3O5. The number of carbonyl (C=O) groups is 4. The Labute approximate surface area is 180 Å². The van der Waals surface area contributed by atoms with E-state index in [0.29, 0.717) is 16.9 Å². The molecule has 2 aromatic rings. The van der Waals surface area contributed by atoms with Crippen molar-refractivity contribution in [2.24, 2.45) is 5.92 Å². The number of rotatable bonds is 7. The standard InChI is InChI=1S/C23H25N3O5/c1-13(2)20(26-23(30)24-16-7-5-4-6-8-16)22(29)31-12-19(27)15-9-10-18-17(11-15)14(3)21(28)25-18/h4-11,13-14,20H,12H2,1-3H3,(H,25,28)(H2,24,26,30)/t14-,20-/m0/s1. The van der Waals surface area contributed by atoms with Gasteiger partial charge in [-0.25, -0.2) is 9.59 Å². The zero-order valence-corrected chi connectivity index (χ0v) is 17.6. The van der Waals surface area contributed by atoms with Crippen LogP contribution < -0.4 is 16.0 Å². The molecule has 8 heteroatoms. The quantitative estimate of drug-likeness (QED) is 0.467. The monoisotopic (exact) mass is 423 g/mol. The van der Waals surface area contributed by atoms with Crippen LogP contribution in [0.3, 0.4) is 0 Å². The van der Waals surface area contributed by atoms with Gasteiger partial charge in [0.1, 0.15) is 6.04 Å². The lowest BCUT2D eigenvalue weighted by atomic mass is 9.99. The number of fused-ring (bicyclic) bond motifs is 1. The van der Waals surface area contributed by atoms with Gasteiger partial charge >= 0.3 is 12.0 Å². The average Bonchev–Trinajstić information content (AvgIpc) is 3.03. The molecular weight excluding hydrogens is 398 g/mol. The van der Waals surface area contributed by atoms with Gasteiger partial charge in [0.25, 0.3) is 0 Å². The van der Waals surface area contributed by atoms with Crippen molar-refractivity contribution in [1.29, 1.82) is 0 Å².